The van der Waals surface area contributed by atoms with Crippen LogP contribution < -0.4 is 10.2 Å². The molecule has 2 heterocycles. The molecule has 102 valence electrons. The van der Waals surface area contributed by atoms with Gasteiger partial charge in [0.1, 0.15) is 6.04 Å². The molecule has 0 radical (unpaired) electrons. The summed E-state index contributed by atoms with van der Waals surface area (Å²) in [5.41, 5.74) is 2.63. The summed E-state index contributed by atoms with van der Waals surface area (Å²) in [5, 5.41) is 3.54. The van der Waals surface area contributed by atoms with Crippen molar-refractivity contribution in [2.75, 3.05) is 10.2 Å². The van der Waals surface area contributed by atoms with Gasteiger partial charge < -0.3 is 10.2 Å². The molecular weight excluding hydrogens is 274 g/mol. The number of nitrogens with zero attached hydrogens (tertiary/aromatic N) is 2. The SMILES string of the molecule is C[C@H]1C(=O)Nc2ccc(Cl)cc2N1Cc1ccccn1. The van der Waals surface area contributed by atoms with E-state index >= 15 is 0 Å². The van der Waals surface area contributed by atoms with E-state index in [-0.39, 0.29) is 11.9 Å². The van der Waals surface area contributed by atoms with E-state index in [0.29, 0.717) is 11.6 Å². The molecule has 5 heteroatoms. The number of carbonyl (C=O) groups is 1. The summed E-state index contributed by atoms with van der Waals surface area (Å²) >= 11 is 6.07. The molecule has 1 N–H and O–H groups in total. The summed E-state index contributed by atoms with van der Waals surface area (Å²) in [6, 6.07) is 11.0. The molecule has 1 aromatic carbocycles. The number of rotatable bonds is 2. The molecule has 0 unspecified atom stereocenters. The number of anilines is 2. The molecule has 0 spiro atoms. The molecule has 4 nitrogen and oxygen atoms in total. The Kier molecular flexibility index (Phi) is 3.32. The number of benzene rings is 1. The normalized spacial score (nSPS) is 17.6. The van der Waals surface area contributed by atoms with Crippen molar-refractivity contribution in [3.8, 4) is 0 Å². The molecule has 0 saturated carbocycles. The highest BCUT2D eigenvalue weighted by molar-refractivity contribution is 6.31. The van der Waals surface area contributed by atoms with Crippen molar-refractivity contribution in [2.45, 2.75) is 19.5 Å². The van der Waals surface area contributed by atoms with E-state index in [1.807, 2.05) is 42.2 Å². The summed E-state index contributed by atoms with van der Waals surface area (Å²) in [5.74, 6) is -0.0178. The van der Waals surface area contributed by atoms with E-state index < -0.39 is 0 Å². The number of hydrogen-bond donors (Lipinski definition) is 1. The number of hydrogen-bond acceptors (Lipinski definition) is 3. The molecular formula is C15H14ClN3O. The van der Waals surface area contributed by atoms with Crippen LogP contribution in [0.2, 0.25) is 5.02 Å². The molecule has 1 aliphatic heterocycles. The Morgan fingerprint density at radius 1 is 1.35 bits per heavy atom. The number of halogens is 1. The van der Waals surface area contributed by atoms with E-state index in [9.17, 15) is 4.79 Å². The average Bonchev–Trinajstić information content (AvgIpc) is 2.46. The van der Waals surface area contributed by atoms with Crippen molar-refractivity contribution >= 4 is 28.9 Å². The van der Waals surface area contributed by atoms with Crippen molar-refractivity contribution in [3.63, 3.8) is 0 Å². The molecule has 20 heavy (non-hydrogen) atoms. The second-order valence-corrected chi connectivity index (χ2v) is 5.21. The average molecular weight is 288 g/mol. The smallest absolute Gasteiger partial charge is 0.246 e. The van der Waals surface area contributed by atoms with Gasteiger partial charge in [-0.15, -0.1) is 0 Å². The molecule has 3 rings (SSSR count). The number of nitrogens with one attached hydrogen (secondary N) is 1. The maximum absolute atomic E-state index is 12.0. The van der Waals surface area contributed by atoms with Gasteiger partial charge in [-0.25, -0.2) is 0 Å². The maximum atomic E-state index is 12.0. The van der Waals surface area contributed by atoms with E-state index in [0.717, 1.165) is 17.1 Å². The van der Waals surface area contributed by atoms with Crippen molar-refractivity contribution < 1.29 is 4.79 Å². The first kappa shape index (κ1) is 12.9. The van der Waals surface area contributed by atoms with Gasteiger partial charge in [-0.05, 0) is 37.3 Å². The summed E-state index contributed by atoms with van der Waals surface area (Å²) in [4.78, 5) is 18.4. The second kappa shape index (κ2) is 5.13. The van der Waals surface area contributed by atoms with E-state index in [1.54, 1.807) is 12.3 Å². The number of aromatic nitrogens is 1. The molecule has 1 atom stereocenters. The summed E-state index contributed by atoms with van der Waals surface area (Å²) < 4.78 is 0. The molecule has 1 aromatic heterocycles. The molecule has 1 aliphatic rings. The van der Waals surface area contributed by atoms with Crippen LogP contribution in [0.25, 0.3) is 0 Å². The zero-order valence-corrected chi connectivity index (χ0v) is 11.8. The number of carbonyl (C=O) groups excluding carboxylic acids is 1. The topological polar surface area (TPSA) is 45.2 Å². The van der Waals surface area contributed by atoms with Gasteiger partial charge in [-0.1, -0.05) is 17.7 Å². The first-order valence-corrected chi connectivity index (χ1v) is 6.80. The van der Waals surface area contributed by atoms with Crippen LogP contribution in [0.1, 0.15) is 12.6 Å². The van der Waals surface area contributed by atoms with Gasteiger partial charge in [0, 0.05) is 11.2 Å². The third-order valence-corrected chi connectivity index (χ3v) is 3.67. The molecule has 0 bridgehead atoms. The van der Waals surface area contributed by atoms with Crippen LogP contribution >= 0.6 is 11.6 Å². The van der Waals surface area contributed by atoms with Crippen LogP contribution in [0.5, 0.6) is 0 Å². The van der Waals surface area contributed by atoms with Crippen LogP contribution in [-0.4, -0.2) is 16.9 Å². The Morgan fingerprint density at radius 2 is 2.20 bits per heavy atom. The first-order chi connectivity index (χ1) is 9.65. The van der Waals surface area contributed by atoms with Gasteiger partial charge in [0.05, 0.1) is 23.6 Å². The fourth-order valence-electron chi connectivity index (χ4n) is 2.32. The van der Waals surface area contributed by atoms with Gasteiger partial charge in [0.15, 0.2) is 0 Å². The summed E-state index contributed by atoms with van der Waals surface area (Å²) in [6.45, 7) is 2.45. The van der Waals surface area contributed by atoms with Crippen LogP contribution in [0.3, 0.4) is 0 Å². The fourth-order valence-corrected chi connectivity index (χ4v) is 2.49. The standard InChI is InChI=1S/C15H14ClN3O/c1-10-15(20)18-13-6-5-11(16)8-14(13)19(10)9-12-4-2-3-7-17-12/h2-8,10H,9H2,1H3,(H,18,20)/t10-/m0/s1. The largest absolute Gasteiger partial charge is 0.352 e. The van der Waals surface area contributed by atoms with Gasteiger partial charge in [0.2, 0.25) is 5.91 Å². The van der Waals surface area contributed by atoms with Crippen molar-refractivity contribution in [1.82, 2.24) is 4.98 Å². The van der Waals surface area contributed by atoms with E-state index in [1.165, 1.54) is 0 Å². The molecule has 0 aliphatic carbocycles. The predicted molar refractivity (Wildman–Crippen MR) is 80.0 cm³/mol. The lowest BCUT2D eigenvalue weighted by Crippen LogP contribution is -2.45. The minimum Gasteiger partial charge on any atom is -0.352 e. The van der Waals surface area contributed by atoms with Crippen LogP contribution in [0, 0.1) is 0 Å². The highest BCUT2D eigenvalue weighted by atomic mass is 35.5. The predicted octanol–water partition coefficient (Wildman–Crippen LogP) is 3.08. The quantitative estimate of drug-likeness (QED) is 0.923. The van der Waals surface area contributed by atoms with Crippen LogP contribution in [0.15, 0.2) is 42.6 Å². The number of pyridine rings is 1. The van der Waals surface area contributed by atoms with Gasteiger partial charge in [0.25, 0.3) is 0 Å². The zero-order chi connectivity index (χ0) is 14.1. The highest BCUT2D eigenvalue weighted by Crippen LogP contribution is 2.35. The Balaban J connectivity index is 2.00. The molecule has 0 fully saturated rings. The van der Waals surface area contributed by atoms with Gasteiger partial charge in [-0.3, -0.25) is 9.78 Å². The minimum absolute atomic E-state index is 0.0178. The van der Waals surface area contributed by atoms with Gasteiger partial charge in [-0.2, -0.15) is 0 Å². The first-order valence-electron chi connectivity index (χ1n) is 6.42. The molecule has 2 aromatic rings. The van der Waals surface area contributed by atoms with Gasteiger partial charge >= 0.3 is 0 Å². The third-order valence-electron chi connectivity index (χ3n) is 3.43. The number of amides is 1. The van der Waals surface area contributed by atoms with E-state index in [4.69, 9.17) is 11.6 Å². The summed E-state index contributed by atoms with van der Waals surface area (Å²) in [7, 11) is 0. The third kappa shape index (κ3) is 2.34. The Morgan fingerprint density at radius 3 is 2.95 bits per heavy atom. The Labute approximate surface area is 122 Å². The maximum Gasteiger partial charge on any atom is 0.246 e. The number of fused-ring (bicyclic) bond motifs is 1. The Hall–Kier alpha value is -2.07. The lowest BCUT2D eigenvalue weighted by atomic mass is 10.1. The van der Waals surface area contributed by atoms with Crippen molar-refractivity contribution in [2.24, 2.45) is 0 Å². The summed E-state index contributed by atoms with van der Waals surface area (Å²) in [6.07, 6.45) is 1.75. The Bertz CT molecular complexity index is 645. The zero-order valence-electron chi connectivity index (χ0n) is 11.0. The van der Waals surface area contributed by atoms with E-state index in [2.05, 4.69) is 10.3 Å². The lowest BCUT2D eigenvalue weighted by Gasteiger charge is -2.36. The highest BCUT2D eigenvalue weighted by Gasteiger charge is 2.29. The monoisotopic (exact) mass is 287 g/mol. The fraction of sp³-hybridized carbons (Fsp3) is 0.200. The molecule has 0 saturated heterocycles. The van der Waals surface area contributed by atoms with Crippen LogP contribution in [0.4, 0.5) is 11.4 Å². The minimum atomic E-state index is -0.261. The second-order valence-electron chi connectivity index (χ2n) is 4.78. The van der Waals surface area contributed by atoms with Crippen LogP contribution in [-0.2, 0) is 11.3 Å². The van der Waals surface area contributed by atoms with Crippen molar-refractivity contribution in [3.05, 3.63) is 53.3 Å². The lowest BCUT2D eigenvalue weighted by molar-refractivity contribution is -0.117. The van der Waals surface area contributed by atoms with Crippen molar-refractivity contribution in [1.29, 1.82) is 0 Å². The molecule has 1 amide bonds.